The smallest absolute Gasteiger partial charge is 0.237 e. The Bertz CT molecular complexity index is 951. The Balaban J connectivity index is 1.47. The van der Waals surface area contributed by atoms with E-state index in [1.165, 1.54) is 16.6 Å². The number of nitrogens with zero attached hydrogens (tertiary/aromatic N) is 3. The minimum absolute atomic E-state index is 0.0837. The number of hydrogen-bond donors (Lipinski definition) is 1. The average molecular weight is 415 g/mol. The number of carbonyl (C=O) groups excluding carboxylic acids is 1. The molecular weight excluding hydrogens is 392 g/mol. The molecule has 1 saturated carbocycles. The van der Waals surface area contributed by atoms with Gasteiger partial charge in [0.2, 0.25) is 5.91 Å². The van der Waals surface area contributed by atoms with Gasteiger partial charge in [0.1, 0.15) is 11.6 Å². The number of amides is 1. The van der Waals surface area contributed by atoms with Crippen molar-refractivity contribution in [2.45, 2.75) is 42.6 Å². The van der Waals surface area contributed by atoms with Gasteiger partial charge in [-0.25, -0.2) is 0 Å². The van der Waals surface area contributed by atoms with Crippen LogP contribution < -0.4 is 10.1 Å². The second-order valence-electron chi connectivity index (χ2n) is 6.71. The highest BCUT2D eigenvalue weighted by atomic mass is 32.2. The van der Waals surface area contributed by atoms with Crippen molar-refractivity contribution in [2.75, 3.05) is 12.4 Å². The molecule has 8 heteroatoms. The van der Waals surface area contributed by atoms with Crippen LogP contribution in [0.25, 0.3) is 0 Å². The summed E-state index contributed by atoms with van der Waals surface area (Å²) in [6, 6.07) is 12.0. The number of benzene rings is 1. The highest BCUT2D eigenvalue weighted by molar-refractivity contribution is 8.00. The quantitative estimate of drug-likeness (QED) is 0.554. The van der Waals surface area contributed by atoms with Crippen LogP contribution in [0.15, 0.2) is 46.9 Å². The maximum Gasteiger partial charge on any atom is 0.237 e. The van der Waals surface area contributed by atoms with Gasteiger partial charge in [0, 0.05) is 17.3 Å². The molecule has 6 nitrogen and oxygen atoms in total. The fourth-order valence-electron chi connectivity index (χ4n) is 2.97. The second kappa shape index (κ2) is 8.36. The molecule has 2 heterocycles. The third kappa shape index (κ3) is 4.23. The van der Waals surface area contributed by atoms with E-state index in [0.29, 0.717) is 17.5 Å². The molecule has 1 atom stereocenters. The fraction of sp³-hybridized carbons (Fsp3) is 0.350. The first-order valence-electron chi connectivity index (χ1n) is 9.22. The van der Waals surface area contributed by atoms with Gasteiger partial charge in [0.05, 0.1) is 18.0 Å². The van der Waals surface area contributed by atoms with Crippen molar-refractivity contribution >= 4 is 34.7 Å². The molecule has 1 aliphatic rings. The Labute approximate surface area is 172 Å². The molecular formula is C20H22N4O2S2. The predicted molar refractivity (Wildman–Crippen MR) is 112 cm³/mol. The van der Waals surface area contributed by atoms with Gasteiger partial charge in [-0.3, -0.25) is 4.79 Å². The maximum atomic E-state index is 12.7. The van der Waals surface area contributed by atoms with Crippen LogP contribution in [0.3, 0.4) is 0 Å². The third-order valence-corrected chi connectivity index (χ3v) is 6.51. The summed E-state index contributed by atoms with van der Waals surface area (Å²) in [7, 11) is 1.59. The number of methoxy groups -OCH3 is 1. The number of nitrogens with one attached hydrogen (secondary N) is 1. The van der Waals surface area contributed by atoms with Crippen LogP contribution in [0, 0.1) is 0 Å². The molecule has 1 fully saturated rings. The Hall–Kier alpha value is -2.32. The van der Waals surface area contributed by atoms with E-state index >= 15 is 0 Å². The molecule has 28 heavy (non-hydrogen) atoms. The molecule has 3 aromatic rings. The van der Waals surface area contributed by atoms with Crippen LogP contribution in [0.4, 0.5) is 5.69 Å². The van der Waals surface area contributed by atoms with Crippen LogP contribution in [0.1, 0.15) is 36.5 Å². The van der Waals surface area contributed by atoms with Gasteiger partial charge in [0.25, 0.3) is 0 Å². The highest BCUT2D eigenvalue weighted by Crippen LogP contribution is 2.40. The van der Waals surface area contributed by atoms with E-state index in [4.69, 9.17) is 4.74 Å². The number of ether oxygens (including phenoxy) is 1. The zero-order valence-electron chi connectivity index (χ0n) is 15.8. The van der Waals surface area contributed by atoms with E-state index in [2.05, 4.69) is 37.6 Å². The van der Waals surface area contributed by atoms with E-state index < -0.39 is 0 Å². The molecule has 0 spiro atoms. The molecule has 146 valence electrons. The summed E-state index contributed by atoms with van der Waals surface area (Å²) >= 11 is 3.18. The molecule has 2 aromatic heterocycles. The van der Waals surface area contributed by atoms with Crippen molar-refractivity contribution in [2.24, 2.45) is 0 Å². The van der Waals surface area contributed by atoms with E-state index in [9.17, 15) is 4.79 Å². The second-order valence-corrected chi connectivity index (χ2v) is 9.05. The van der Waals surface area contributed by atoms with E-state index in [1.807, 2.05) is 31.2 Å². The lowest BCUT2D eigenvalue weighted by atomic mass is 10.3. The molecule has 4 rings (SSSR count). The summed E-state index contributed by atoms with van der Waals surface area (Å²) in [6.07, 6.45) is 3.07. The Morgan fingerprint density at radius 2 is 2.14 bits per heavy atom. The first-order valence-corrected chi connectivity index (χ1v) is 11.0. The first kappa shape index (κ1) is 19.0. The van der Waals surface area contributed by atoms with Crippen LogP contribution in [-0.2, 0) is 11.2 Å². The van der Waals surface area contributed by atoms with Crippen molar-refractivity contribution in [3.8, 4) is 5.75 Å². The SMILES string of the molecule is COc1ccccc1NC(=O)[C@H](C)Sc1nnc(Cc2cccs2)n1C1CC1. The lowest BCUT2D eigenvalue weighted by molar-refractivity contribution is -0.115. The number of rotatable bonds is 8. The van der Waals surface area contributed by atoms with Crippen molar-refractivity contribution in [3.63, 3.8) is 0 Å². The number of carbonyl (C=O) groups is 1. The zero-order valence-corrected chi connectivity index (χ0v) is 17.4. The number of aromatic nitrogens is 3. The van der Waals surface area contributed by atoms with Crippen LogP contribution in [0.2, 0.25) is 0 Å². The molecule has 0 saturated heterocycles. The third-order valence-electron chi connectivity index (χ3n) is 4.58. The largest absolute Gasteiger partial charge is 0.495 e. The number of thiophene rings is 1. The van der Waals surface area contributed by atoms with Crippen LogP contribution in [0.5, 0.6) is 5.75 Å². The molecule has 1 amide bonds. The monoisotopic (exact) mass is 414 g/mol. The molecule has 0 aliphatic heterocycles. The molecule has 0 bridgehead atoms. The lowest BCUT2D eigenvalue weighted by Crippen LogP contribution is -2.23. The summed E-state index contributed by atoms with van der Waals surface area (Å²) in [5, 5.41) is 14.4. The fourth-order valence-corrected chi connectivity index (χ4v) is 4.61. The van der Waals surface area contributed by atoms with Crippen molar-refractivity contribution in [1.82, 2.24) is 14.8 Å². The normalized spacial score (nSPS) is 14.6. The molecule has 1 N–H and O–H groups in total. The van der Waals surface area contributed by atoms with Gasteiger partial charge in [-0.15, -0.1) is 21.5 Å². The molecule has 0 radical (unpaired) electrons. The standard InChI is InChI=1S/C20H22N4O2S2/c1-13(19(25)21-16-7-3-4-8-17(16)26-2)28-20-23-22-18(24(20)14-9-10-14)12-15-6-5-11-27-15/h3-8,11,13-14H,9-10,12H2,1-2H3,(H,21,25)/t13-/m0/s1. The summed E-state index contributed by atoms with van der Waals surface area (Å²) in [4.78, 5) is 14.0. The maximum absolute atomic E-state index is 12.7. The van der Waals surface area contributed by atoms with Crippen LogP contribution in [-0.4, -0.2) is 33.0 Å². The van der Waals surface area contributed by atoms with E-state index in [0.717, 1.165) is 30.2 Å². The van der Waals surface area contributed by atoms with Gasteiger partial charge in [-0.05, 0) is 43.3 Å². The first-order chi connectivity index (χ1) is 13.7. The summed E-state index contributed by atoms with van der Waals surface area (Å²) in [6.45, 7) is 1.89. The number of anilines is 1. The topological polar surface area (TPSA) is 69.0 Å². The molecule has 1 aliphatic carbocycles. The van der Waals surface area contributed by atoms with Gasteiger partial charge < -0.3 is 14.6 Å². The van der Waals surface area contributed by atoms with E-state index in [1.54, 1.807) is 18.4 Å². The van der Waals surface area contributed by atoms with Crippen molar-refractivity contribution < 1.29 is 9.53 Å². The predicted octanol–water partition coefficient (Wildman–Crippen LogP) is 4.39. The highest BCUT2D eigenvalue weighted by Gasteiger charge is 2.31. The van der Waals surface area contributed by atoms with Gasteiger partial charge >= 0.3 is 0 Å². The van der Waals surface area contributed by atoms with Crippen LogP contribution >= 0.6 is 23.1 Å². The van der Waals surface area contributed by atoms with E-state index in [-0.39, 0.29) is 11.2 Å². The lowest BCUT2D eigenvalue weighted by Gasteiger charge is -2.14. The van der Waals surface area contributed by atoms with Gasteiger partial charge in [-0.2, -0.15) is 0 Å². The minimum atomic E-state index is -0.304. The number of thioether (sulfide) groups is 1. The molecule has 0 unspecified atom stereocenters. The Morgan fingerprint density at radius 3 is 2.86 bits per heavy atom. The van der Waals surface area contributed by atoms with Crippen molar-refractivity contribution in [1.29, 1.82) is 0 Å². The summed E-state index contributed by atoms with van der Waals surface area (Å²) in [5.74, 6) is 1.54. The summed E-state index contributed by atoms with van der Waals surface area (Å²) in [5.41, 5.74) is 0.671. The number of hydrogen-bond acceptors (Lipinski definition) is 6. The van der Waals surface area contributed by atoms with Gasteiger partial charge in [0.15, 0.2) is 5.16 Å². The molecule has 1 aromatic carbocycles. The summed E-state index contributed by atoms with van der Waals surface area (Å²) < 4.78 is 7.53. The number of para-hydroxylation sites is 2. The Morgan fingerprint density at radius 1 is 1.32 bits per heavy atom. The van der Waals surface area contributed by atoms with Crippen molar-refractivity contribution in [3.05, 3.63) is 52.5 Å². The zero-order chi connectivity index (χ0) is 19.5. The minimum Gasteiger partial charge on any atom is -0.495 e. The average Bonchev–Trinajstić information content (AvgIpc) is 3.26. The Kier molecular flexibility index (Phi) is 5.68. The van der Waals surface area contributed by atoms with Gasteiger partial charge in [-0.1, -0.05) is 30.0 Å².